The summed E-state index contributed by atoms with van der Waals surface area (Å²) in [4.78, 5) is 0. The van der Waals surface area contributed by atoms with E-state index in [4.69, 9.17) is 0 Å². The van der Waals surface area contributed by atoms with Gasteiger partial charge in [-0.2, -0.15) is 48.3 Å². The van der Waals surface area contributed by atoms with Gasteiger partial charge in [0.2, 0.25) is 0 Å². The maximum atomic E-state index is 13.4. The van der Waals surface area contributed by atoms with E-state index in [9.17, 15) is 52.7 Å². The molecule has 1 nitrogen and oxygen atoms in total. The van der Waals surface area contributed by atoms with Crippen molar-refractivity contribution >= 4 is 23.2 Å². The predicted molar refractivity (Wildman–Crippen MR) is 46.8 cm³/mol. The molecule has 0 aliphatic carbocycles. The zero-order valence-corrected chi connectivity index (χ0v) is 10.7. The quantitative estimate of drug-likeness (QED) is 0.331. The van der Waals surface area contributed by atoms with Crippen LogP contribution in [0.4, 0.5) is 52.7 Å². The molecule has 0 fully saturated rings. The van der Waals surface area contributed by atoms with Gasteiger partial charge in [-0.05, 0) is 11.6 Å². The molecule has 22 heavy (non-hydrogen) atoms. The number of alkyl halides is 11. The second kappa shape index (κ2) is 5.73. The molecule has 2 atom stereocenters. The molecule has 132 valence electrons. The molecule has 0 bridgehead atoms. The van der Waals surface area contributed by atoms with Crippen LogP contribution in [0.1, 0.15) is 0 Å². The van der Waals surface area contributed by atoms with Crippen molar-refractivity contribution in [1.29, 1.82) is 0 Å². The molecule has 0 heterocycles. The highest BCUT2D eigenvalue weighted by Gasteiger charge is 2.86. The maximum absolute atomic E-state index is 13.4. The van der Waals surface area contributed by atoms with Crippen molar-refractivity contribution in [2.45, 2.75) is 28.5 Å². The van der Waals surface area contributed by atoms with Crippen LogP contribution in [0.5, 0.6) is 0 Å². The molecule has 0 rings (SSSR count). The third-order valence-electron chi connectivity index (χ3n) is 1.90. The number of hydrogen-bond donors (Lipinski definition) is 0. The summed E-state index contributed by atoms with van der Waals surface area (Å²) in [7, 11) is 0. The van der Waals surface area contributed by atoms with Gasteiger partial charge >= 0.3 is 40.6 Å². The van der Waals surface area contributed by atoms with E-state index in [1.165, 1.54) is 0 Å². The number of rotatable bonds is 5. The van der Waals surface area contributed by atoms with Gasteiger partial charge in [0.15, 0.2) is 0 Å². The summed E-state index contributed by atoms with van der Waals surface area (Å²) in [6.07, 6.45) is -10.9. The van der Waals surface area contributed by atoms with Gasteiger partial charge in [0.05, 0.1) is 0 Å². The molecule has 0 aliphatic rings. The molecular formula is C7Cl2F12O. The molecule has 0 radical (unpaired) electrons. The molecule has 15 heteroatoms. The van der Waals surface area contributed by atoms with Crippen molar-refractivity contribution in [3.05, 3.63) is 12.1 Å². The Kier molecular flexibility index (Phi) is 5.54. The van der Waals surface area contributed by atoms with Crippen LogP contribution in [-0.2, 0) is 4.74 Å². The zero-order chi connectivity index (χ0) is 18.4. The van der Waals surface area contributed by atoms with Gasteiger partial charge in [0.25, 0.3) is 0 Å². The summed E-state index contributed by atoms with van der Waals surface area (Å²) < 4.78 is 151. The first kappa shape index (κ1) is 21.3. The van der Waals surface area contributed by atoms with E-state index in [2.05, 4.69) is 27.9 Å². The Morgan fingerprint density at radius 3 is 1.32 bits per heavy atom. The lowest BCUT2D eigenvalue weighted by Gasteiger charge is -2.39. The van der Waals surface area contributed by atoms with Crippen molar-refractivity contribution in [2.75, 3.05) is 0 Å². The first-order chi connectivity index (χ1) is 9.33. The van der Waals surface area contributed by atoms with Crippen LogP contribution < -0.4 is 0 Å². The fourth-order valence-corrected chi connectivity index (χ4v) is 1.28. The van der Waals surface area contributed by atoms with Crippen molar-refractivity contribution in [1.82, 2.24) is 0 Å². The summed E-state index contributed by atoms with van der Waals surface area (Å²) in [6, 6.07) is -3.82. The summed E-state index contributed by atoms with van der Waals surface area (Å²) in [5, 5.41) is -12.9. The van der Waals surface area contributed by atoms with Gasteiger partial charge in [-0.25, -0.2) is 4.39 Å². The normalized spacial score (nSPS) is 19.2. The van der Waals surface area contributed by atoms with E-state index < -0.39 is 40.6 Å². The molecule has 0 aromatic carbocycles. The van der Waals surface area contributed by atoms with E-state index in [1.54, 1.807) is 0 Å². The van der Waals surface area contributed by atoms with E-state index in [-0.39, 0.29) is 0 Å². The van der Waals surface area contributed by atoms with Crippen LogP contribution in [0.3, 0.4) is 0 Å². The minimum atomic E-state index is -7.10. The van der Waals surface area contributed by atoms with E-state index >= 15 is 0 Å². The standard InChI is InChI=1S/C7Cl2F12O/c8-3(13,4(14,15)6(9,17)18)5(16,7(19,20)21)22-2(12)1(10)11. The Labute approximate surface area is 122 Å². The third-order valence-corrected chi connectivity index (χ3v) is 2.62. The van der Waals surface area contributed by atoms with Gasteiger partial charge in [0.1, 0.15) is 0 Å². The van der Waals surface area contributed by atoms with Crippen LogP contribution in [-0.4, -0.2) is 28.5 Å². The second-order valence-corrected chi connectivity index (χ2v) is 4.37. The molecular weight excluding hydrogens is 399 g/mol. The van der Waals surface area contributed by atoms with Crippen molar-refractivity contribution in [2.24, 2.45) is 0 Å². The van der Waals surface area contributed by atoms with E-state index in [0.29, 0.717) is 0 Å². The summed E-state index contributed by atoms with van der Waals surface area (Å²) in [6.45, 7) is 0. The fraction of sp³-hybridized carbons (Fsp3) is 0.714. The minimum Gasteiger partial charge on any atom is -0.417 e. The lowest BCUT2D eigenvalue weighted by molar-refractivity contribution is -0.390. The number of ether oxygens (including phenoxy) is 1. The molecule has 0 spiro atoms. The Bertz CT molecular complexity index is 447. The first-order valence-corrected chi connectivity index (χ1v) is 5.06. The van der Waals surface area contributed by atoms with Gasteiger partial charge in [-0.1, -0.05) is 11.6 Å². The summed E-state index contributed by atoms with van der Waals surface area (Å²) in [5.41, 5.74) is 0. The van der Waals surface area contributed by atoms with Crippen molar-refractivity contribution in [3.8, 4) is 0 Å². The maximum Gasteiger partial charge on any atom is 0.465 e. The number of halogens is 14. The monoisotopic (exact) mass is 398 g/mol. The molecule has 0 amide bonds. The van der Waals surface area contributed by atoms with E-state index in [1.807, 2.05) is 0 Å². The average Bonchev–Trinajstić information content (AvgIpc) is 2.24. The molecule has 0 aromatic rings. The van der Waals surface area contributed by atoms with Gasteiger partial charge in [-0.3, -0.25) is 0 Å². The predicted octanol–water partition coefficient (Wildman–Crippen LogP) is 5.64. The molecule has 0 aromatic heterocycles. The van der Waals surface area contributed by atoms with Crippen LogP contribution in [0.15, 0.2) is 12.1 Å². The van der Waals surface area contributed by atoms with E-state index in [0.717, 1.165) is 0 Å². The van der Waals surface area contributed by atoms with Crippen LogP contribution in [0.25, 0.3) is 0 Å². The SMILES string of the molecule is FC(F)=C(F)OC(F)(C(F)(F)F)C(F)(Cl)C(F)(F)C(F)(F)Cl. The van der Waals surface area contributed by atoms with Crippen molar-refractivity contribution < 1.29 is 57.4 Å². The molecule has 0 aliphatic heterocycles. The molecule has 0 saturated heterocycles. The smallest absolute Gasteiger partial charge is 0.417 e. The largest absolute Gasteiger partial charge is 0.465 e. The highest BCUT2D eigenvalue weighted by molar-refractivity contribution is 6.27. The van der Waals surface area contributed by atoms with Gasteiger partial charge < -0.3 is 4.74 Å². The third kappa shape index (κ3) is 3.29. The number of hydrogen-bond acceptors (Lipinski definition) is 1. The highest BCUT2D eigenvalue weighted by Crippen LogP contribution is 2.59. The second-order valence-electron chi connectivity index (χ2n) is 3.38. The molecule has 2 unspecified atom stereocenters. The minimum absolute atomic E-state index is 2.10. The lowest BCUT2D eigenvalue weighted by atomic mass is 10.0. The Morgan fingerprint density at radius 2 is 1.09 bits per heavy atom. The zero-order valence-electron chi connectivity index (χ0n) is 9.20. The average molecular weight is 399 g/mol. The Hall–Kier alpha value is -0.720. The first-order valence-electron chi connectivity index (χ1n) is 4.30. The summed E-state index contributed by atoms with van der Waals surface area (Å²) >= 11 is 7.43. The van der Waals surface area contributed by atoms with Crippen LogP contribution in [0.2, 0.25) is 0 Å². The van der Waals surface area contributed by atoms with Crippen LogP contribution in [0, 0.1) is 0 Å². The van der Waals surface area contributed by atoms with Gasteiger partial charge in [-0.15, -0.1) is 0 Å². The fourth-order valence-electron chi connectivity index (χ4n) is 0.842. The highest BCUT2D eigenvalue weighted by atomic mass is 35.5. The lowest BCUT2D eigenvalue weighted by Crippen LogP contribution is -2.67. The Morgan fingerprint density at radius 1 is 0.727 bits per heavy atom. The Balaban J connectivity index is 6.30. The van der Waals surface area contributed by atoms with Crippen LogP contribution >= 0.6 is 23.2 Å². The molecule has 0 N–H and O–H groups in total. The molecule has 0 saturated carbocycles. The van der Waals surface area contributed by atoms with Gasteiger partial charge in [0, 0.05) is 0 Å². The topological polar surface area (TPSA) is 9.23 Å². The van der Waals surface area contributed by atoms with Crippen molar-refractivity contribution in [3.63, 3.8) is 0 Å². The summed E-state index contributed by atoms with van der Waals surface area (Å²) in [5.74, 6) is -13.7.